The predicted octanol–water partition coefficient (Wildman–Crippen LogP) is 1.12. The van der Waals surface area contributed by atoms with Crippen LogP contribution in [0.25, 0.3) is 0 Å². The topological polar surface area (TPSA) is 95.9 Å². The van der Waals surface area contributed by atoms with Crippen LogP contribution in [0.3, 0.4) is 0 Å². The van der Waals surface area contributed by atoms with Gasteiger partial charge in [-0.05, 0) is 33.6 Å². The Bertz CT molecular complexity index is 819. The smallest absolute Gasteiger partial charge is 0.327 e. The van der Waals surface area contributed by atoms with Gasteiger partial charge in [0.25, 0.3) is 5.91 Å². The first-order valence-corrected chi connectivity index (χ1v) is 8.57. The van der Waals surface area contributed by atoms with Gasteiger partial charge in [0.15, 0.2) is 5.82 Å². The van der Waals surface area contributed by atoms with Crippen LogP contribution in [0, 0.1) is 12.7 Å². The number of aromatic hydroxyl groups is 1. The van der Waals surface area contributed by atoms with Crippen LogP contribution in [0.4, 0.5) is 10.1 Å². The molecule has 0 unspecified atom stereocenters. The van der Waals surface area contributed by atoms with E-state index < -0.39 is 38.9 Å². The molecule has 23 heavy (non-hydrogen) atoms. The van der Waals surface area contributed by atoms with Crippen molar-refractivity contribution >= 4 is 21.8 Å². The Labute approximate surface area is 133 Å². The Morgan fingerprint density at radius 3 is 2.61 bits per heavy atom. The summed E-state index contributed by atoms with van der Waals surface area (Å²) in [6.45, 7) is 4.61. The third-order valence-electron chi connectivity index (χ3n) is 4.21. The molecule has 2 aliphatic heterocycles. The van der Waals surface area contributed by atoms with Gasteiger partial charge in [0, 0.05) is 11.1 Å². The largest absolute Gasteiger partial charge is 0.505 e. The number of anilines is 1. The number of amides is 1. The standard InChI is InChI=1S/C14H17FN2O5S/c1-7-11(18)10(9(15)8-5-4-6-22-12(7)8)17-14(2,3)13(19)16-23(17,20)21/h18H,4-6H2,1-3H3,(H,16,19). The third-order valence-corrected chi connectivity index (χ3v) is 5.78. The van der Waals surface area contributed by atoms with E-state index in [2.05, 4.69) is 0 Å². The van der Waals surface area contributed by atoms with Crippen LogP contribution in [0.15, 0.2) is 0 Å². The Balaban J connectivity index is 2.33. The SMILES string of the molecule is Cc1c(O)c(N2C(C)(C)C(=O)NS2(=O)=O)c(F)c2c1OCCC2. The van der Waals surface area contributed by atoms with E-state index in [4.69, 9.17) is 4.74 Å². The van der Waals surface area contributed by atoms with Crippen molar-refractivity contribution in [1.82, 2.24) is 4.72 Å². The summed E-state index contributed by atoms with van der Waals surface area (Å²) >= 11 is 0. The lowest BCUT2D eigenvalue weighted by atomic mass is 9.97. The number of nitrogens with one attached hydrogen (secondary N) is 1. The van der Waals surface area contributed by atoms with E-state index in [0.717, 1.165) is 0 Å². The van der Waals surface area contributed by atoms with Crippen molar-refractivity contribution in [2.24, 2.45) is 0 Å². The predicted molar refractivity (Wildman–Crippen MR) is 80.2 cm³/mol. The minimum atomic E-state index is -4.29. The second kappa shape index (κ2) is 4.73. The summed E-state index contributed by atoms with van der Waals surface area (Å²) in [5.41, 5.74) is -1.61. The fourth-order valence-corrected chi connectivity index (χ4v) is 4.63. The van der Waals surface area contributed by atoms with E-state index in [1.54, 1.807) is 0 Å². The van der Waals surface area contributed by atoms with Gasteiger partial charge in [0.1, 0.15) is 22.7 Å². The quantitative estimate of drug-likeness (QED) is 0.796. The molecule has 1 amide bonds. The van der Waals surface area contributed by atoms with E-state index >= 15 is 0 Å². The van der Waals surface area contributed by atoms with E-state index in [1.165, 1.54) is 20.8 Å². The van der Waals surface area contributed by atoms with Crippen molar-refractivity contribution in [3.63, 3.8) is 0 Å². The molecular weight excluding hydrogens is 327 g/mol. The minimum Gasteiger partial charge on any atom is -0.505 e. The molecule has 1 saturated heterocycles. The van der Waals surface area contributed by atoms with Gasteiger partial charge in [0.05, 0.1) is 6.61 Å². The van der Waals surface area contributed by atoms with Crippen molar-refractivity contribution in [2.45, 2.75) is 39.2 Å². The van der Waals surface area contributed by atoms with E-state index in [0.29, 0.717) is 23.8 Å². The minimum absolute atomic E-state index is 0.215. The summed E-state index contributed by atoms with van der Waals surface area (Å²) in [6, 6.07) is 0. The first kappa shape index (κ1) is 15.9. The molecule has 2 N–H and O–H groups in total. The molecule has 2 heterocycles. The molecule has 3 rings (SSSR count). The summed E-state index contributed by atoms with van der Waals surface area (Å²) in [5, 5.41) is 10.4. The number of nitrogens with zero attached hydrogens (tertiary/aromatic N) is 1. The highest BCUT2D eigenvalue weighted by Gasteiger charge is 2.53. The first-order chi connectivity index (χ1) is 10.6. The first-order valence-electron chi connectivity index (χ1n) is 7.13. The Morgan fingerprint density at radius 1 is 1.39 bits per heavy atom. The molecule has 0 bridgehead atoms. The zero-order chi connectivity index (χ0) is 17.2. The number of carbonyl (C=O) groups is 1. The summed E-state index contributed by atoms with van der Waals surface area (Å²) in [5.74, 6) is -1.97. The number of phenols is 1. The number of hydrogen-bond acceptors (Lipinski definition) is 5. The van der Waals surface area contributed by atoms with Gasteiger partial charge in [-0.25, -0.2) is 13.4 Å². The maximum atomic E-state index is 15.0. The van der Waals surface area contributed by atoms with Crippen LogP contribution in [-0.2, 0) is 21.4 Å². The summed E-state index contributed by atoms with van der Waals surface area (Å²) in [4.78, 5) is 11.9. The maximum Gasteiger partial charge on any atom is 0.327 e. The van der Waals surface area contributed by atoms with Crippen LogP contribution in [-0.4, -0.2) is 31.6 Å². The van der Waals surface area contributed by atoms with Crippen molar-refractivity contribution in [3.05, 3.63) is 16.9 Å². The van der Waals surface area contributed by atoms with Crippen LogP contribution in [0.5, 0.6) is 11.5 Å². The number of ether oxygens (including phenoxy) is 1. The zero-order valence-electron chi connectivity index (χ0n) is 12.9. The molecular formula is C14H17FN2O5S. The van der Waals surface area contributed by atoms with Crippen LogP contribution in [0.1, 0.15) is 31.4 Å². The average Bonchev–Trinajstić information content (AvgIpc) is 2.63. The molecule has 126 valence electrons. The molecule has 0 spiro atoms. The molecule has 7 nitrogen and oxygen atoms in total. The third kappa shape index (κ3) is 2.06. The number of hydrogen-bond donors (Lipinski definition) is 2. The number of phenolic OH excluding ortho intramolecular Hbond substituents is 1. The van der Waals surface area contributed by atoms with Gasteiger partial charge in [0.2, 0.25) is 0 Å². The van der Waals surface area contributed by atoms with Crippen LogP contribution < -0.4 is 13.8 Å². The van der Waals surface area contributed by atoms with Crippen molar-refractivity contribution in [2.75, 3.05) is 10.9 Å². The van der Waals surface area contributed by atoms with E-state index in [9.17, 15) is 22.7 Å². The lowest BCUT2D eigenvalue weighted by molar-refractivity contribution is -0.122. The van der Waals surface area contributed by atoms with Gasteiger partial charge in [-0.15, -0.1) is 0 Å². The molecule has 0 saturated carbocycles. The number of rotatable bonds is 1. The van der Waals surface area contributed by atoms with Gasteiger partial charge in [-0.2, -0.15) is 8.42 Å². The lowest BCUT2D eigenvalue weighted by Crippen LogP contribution is -2.45. The molecule has 1 fully saturated rings. The summed E-state index contributed by atoms with van der Waals surface area (Å²) < 4.78 is 47.3. The van der Waals surface area contributed by atoms with Crippen LogP contribution >= 0.6 is 0 Å². The highest BCUT2D eigenvalue weighted by molar-refractivity contribution is 7.92. The molecule has 0 radical (unpaired) electrons. The molecule has 9 heteroatoms. The number of halogens is 1. The fraction of sp³-hybridized carbons (Fsp3) is 0.500. The van der Waals surface area contributed by atoms with E-state index in [-0.39, 0.29) is 16.9 Å². The molecule has 0 aliphatic carbocycles. The van der Waals surface area contributed by atoms with E-state index in [1.807, 2.05) is 4.72 Å². The Kier molecular flexibility index (Phi) is 3.26. The van der Waals surface area contributed by atoms with Crippen molar-refractivity contribution in [1.29, 1.82) is 0 Å². The summed E-state index contributed by atoms with van der Waals surface area (Å²) in [6.07, 6.45) is 0.950. The van der Waals surface area contributed by atoms with Gasteiger partial charge < -0.3 is 9.84 Å². The Hall–Kier alpha value is -2.03. The molecule has 0 atom stereocenters. The maximum absolute atomic E-state index is 15.0. The van der Waals surface area contributed by atoms with Crippen molar-refractivity contribution < 1.29 is 27.4 Å². The normalized spacial score (nSPS) is 21.6. The van der Waals surface area contributed by atoms with Gasteiger partial charge in [-0.3, -0.25) is 4.79 Å². The van der Waals surface area contributed by atoms with Crippen LogP contribution in [0.2, 0.25) is 0 Å². The van der Waals surface area contributed by atoms with Gasteiger partial charge in [-0.1, -0.05) is 0 Å². The molecule has 0 aromatic heterocycles. The van der Waals surface area contributed by atoms with Gasteiger partial charge >= 0.3 is 10.2 Å². The highest BCUT2D eigenvalue weighted by atomic mass is 32.2. The van der Waals surface area contributed by atoms with Crippen molar-refractivity contribution in [3.8, 4) is 11.5 Å². The molecule has 1 aromatic rings. The summed E-state index contributed by atoms with van der Waals surface area (Å²) in [7, 11) is -4.29. The lowest BCUT2D eigenvalue weighted by Gasteiger charge is -2.31. The number of carbonyl (C=O) groups excluding carboxylic acids is 1. The fourth-order valence-electron chi connectivity index (χ4n) is 2.97. The second-order valence-corrected chi connectivity index (χ2v) is 7.67. The second-order valence-electron chi connectivity index (χ2n) is 6.16. The Morgan fingerprint density at radius 2 is 2.04 bits per heavy atom. The average molecular weight is 344 g/mol. The number of benzene rings is 1. The monoisotopic (exact) mass is 344 g/mol. The molecule has 1 aromatic carbocycles. The molecule has 2 aliphatic rings. The zero-order valence-corrected chi connectivity index (χ0v) is 13.8. The highest BCUT2D eigenvalue weighted by Crippen LogP contribution is 2.47. The number of fused-ring (bicyclic) bond motifs is 1.